The number of nitrogens with one attached hydrogen (secondary N) is 1. The van der Waals surface area contributed by atoms with Gasteiger partial charge < -0.3 is 10.4 Å². The maximum atomic E-state index is 11.0. The van der Waals surface area contributed by atoms with Gasteiger partial charge in [0.1, 0.15) is 0 Å². The van der Waals surface area contributed by atoms with Crippen LogP contribution in [0.5, 0.6) is 0 Å². The van der Waals surface area contributed by atoms with Crippen molar-refractivity contribution in [3.63, 3.8) is 0 Å². The number of amides is 1. The number of hydrogen-bond donors (Lipinski definition) is 2. The summed E-state index contributed by atoms with van der Waals surface area (Å²) in [4.78, 5) is 21.8. The minimum Gasteiger partial charge on any atom is -0.481 e. The van der Waals surface area contributed by atoms with E-state index in [1.807, 2.05) is 24.3 Å². The predicted octanol–water partition coefficient (Wildman–Crippen LogP) is 1.90. The summed E-state index contributed by atoms with van der Waals surface area (Å²) in [5.74, 6) is -1.15. The van der Waals surface area contributed by atoms with Crippen LogP contribution < -0.4 is 5.32 Å². The van der Waals surface area contributed by atoms with Crippen molar-refractivity contribution in [1.29, 1.82) is 0 Å². The highest BCUT2D eigenvalue weighted by Gasteiger charge is 2.16. The second-order valence-electron chi connectivity index (χ2n) is 3.95. The van der Waals surface area contributed by atoms with Gasteiger partial charge in [-0.15, -0.1) is 0 Å². The lowest BCUT2D eigenvalue weighted by Crippen LogP contribution is -2.27. The van der Waals surface area contributed by atoms with Gasteiger partial charge in [-0.2, -0.15) is 0 Å². The van der Waals surface area contributed by atoms with Gasteiger partial charge in [-0.3, -0.25) is 9.59 Å². The van der Waals surface area contributed by atoms with Crippen molar-refractivity contribution in [2.24, 2.45) is 0 Å². The zero-order chi connectivity index (χ0) is 12.8. The number of rotatable bonds is 5. The number of carbonyl (C=O) groups excluding carboxylic acids is 1. The summed E-state index contributed by atoms with van der Waals surface area (Å²) in [5, 5.41) is 11.5. The number of aliphatic carboxylic acids is 1. The highest BCUT2D eigenvalue weighted by Crippen LogP contribution is 2.17. The van der Waals surface area contributed by atoms with Crippen molar-refractivity contribution in [2.75, 3.05) is 0 Å². The van der Waals surface area contributed by atoms with Gasteiger partial charge in [0.2, 0.25) is 5.91 Å². The minimum absolute atomic E-state index is 0.106. The van der Waals surface area contributed by atoms with Crippen LogP contribution in [0.3, 0.4) is 0 Å². The quantitative estimate of drug-likeness (QED) is 0.819. The Balaban J connectivity index is 2.86. The molecule has 1 aromatic carbocycles. The van der Waals surface area contributed by atoms with E-state index >= 15 is 0 Å². The molecule has 0 fully saturated rings. The van der Waals surface area contributed by atoms with Crippen LogP contribution in [-0.2, 0) is 16.0 Å². The molecule has 17 heavy (non-hydrogen) atoms. The van der Waals surface area contributed by atoms with Gasteiger partial charge in [0, 0.05) is 6.92 Å². The molecule has 0 spiro atoms. The molecule has 4 heteroatoms. The number of aryl methyl sites for hydroxylation is 1. The van der Waals surface area contributed by atoms with Gasteiger partial charge in [-0.25, -0.2) is 0 Å². The SMILES string of the molecule is CCc1ccc([C@H](CC(=O)O)NC(C)=O)cc1. The van der Waals surface area contributed by atoms with Crippen LogP contribution in [0.2, 0.25) is 0 Å². The molecule has 0 aromatic heterocycles. The van der Waals surface area contributed by atoms with E-state index in [1.54, 1.807) is 0 Å². The van der Waals surface area contributed by atoms with Crippen LogP contribution in [0.15, 0.2) is 24.3 Å². The van der Waals surface area contributed by atoms with Gasteiger partial charge in [-0.05, 0) is 17.5 Å². The normalized spacial score (nSPS) is 11.9. The van der Waals surface area contributed by atoms with Gasteiger partial charge in [-0.1, -0.05) is 31.2 Å². The molecule has 0 saturated heterocycles. The Hall–Kier alpha value is -1.84. The van der Waals surface area contributed by atoms with E-state index in [9.17, 15) is 9.59 Å². The number of hydrogen-bond acceptors (Lipinski definition) is 2. The van der Waals surface area contributed by atoms with Crippen LogP contribution in [0, 0.1) is 0 Å². The zero-order valence-corrected chi connectivity index (χ0v) is 10.1. The predicted molar refractivity (Wildman–Crippen MR) is 64.6 cm³/mol. The van der Waals surface area contributed by atoms with Crippen molar-refractivity contribution < 1.29 is 14.7 Å². The van der Waals surface area contributed by atoms with Crippen LogP contribution >= 0.6 is 0 Å². The molecular weight excluding hydrogens is 218 g/mol. The lowest BCUT2D eigenvalue weighted by molar-refractivity contribution is -0.137. The Morgan fingerprint density at radius 2 is 1.88 bits per heavy atom. The molecule has 0 radical (unpaired) electrons. The Morgan fingerprint density at radius 3 is 2.29 bits per heavy atom. The smallest absolute Gasteiger partial charge is 0.305 e. The second kappa shape index (κ2) is 6.03. The summed E-state index contributed by atoms with van der Waals surface area (Å²) in [7, 11) is 0. The van der Waals surface area contributed by atoms with Crippen molar-refractivity contribution in [3.05, 3.63) is 35.4 Å². The second-order valence-corrected chi connectivity index (χ2v) is 3.95. The fourth-order valence-corrected chi connectivity index (χ4v) is 1.66. The molecule has 1 aromatic rings. The first-order valence-electron chi connectivity index (χ1n) is 5.60. The van der Waals surface area contributed by atoms with Crippen molar-refractivity contribution in [2.45, 2.75) is 32.7 Å². The van der Waals surface area contributed by atoms with E-state index in [0.29, 0.717) is 0 Å². The van der Waals surface area contributed by atoms with E-state index in [4.69, 9.17) is 5.11 Å². The lowest BCUT2D eigenvalue weighted by Gasteiger charge is -2.16. The molecule has 1 atom stereocenters. The monoisotopic (exact) mass is 235 g/mol. The molecule has 0 bridgehead atoms. The third kappa shape index (κ3) is 4.26. The molecule has 2 N–H and O–H groups in total. The fourth-order valence-electron chi connectivity index (χ4n) is 1.66. The van der Waals surface area contributed by atoms with Gasteiger partial charge in [0.25, 0.3) is 0 Å². The zero-order valence-electron chi connectivity index (χ0n) is 10.1. The largest absolute Gasteiger partial charge is 0.481 e. The summed E-state index contributed by atoms with van der Waals surface area (Å²) in [6.45, 7) is 3.44. The van der Waals surface area contributed by atoms with Crippen molar-refractivity contribution >= 4 is 11.9 Å². The Bertz CT molecular complexity index is 382. The van der Waals surface area contributed by atoms with E-state index in [1.165, 1.54) is 12.5 Å². The summed E-state index contributed by atoms with van der Waals surface area (Å²) >= 11 is 0. The molecule has 92 valence electrons. The molecular formula is C13H17NO3. The topological polar surface area (TPSA) is 66.4 Å². The third-order valence-corrected chi connectivity index (χ3v) is 2.55. The Morgan fingerprint density at radius 1 is 1.29 bits per heavy atom. The average molecular weight is 235 g/mol. The van der Waals surface area contributed by atoms with Crippen LogP contribution in [0.25, 0.3) is 0 Å². The summed E-state index contributed by atoms with van der Waals surface area (Å²) in [6, 6.07) is 7.17. The first-order chi connectivity index (χ1) is 8.02. The molecule has 0 unspecified atom stereocenters. The number of benzene rings is 1. The minimum atomic E-state index is -0.927. The van der Waals surface area contributed by atoms with E-state index in [2.05, 4.69) is 12.2 Å². The van der Waals surface area contributed by atoms with Crippen molar-refractivity contribution in [1.82, 2.24) is 5.32 Å². The van der Waals surface area contributed by atoms with E-state index in [0.717, 1.165) is 12.0 Å². The molecule has 1 rings (SSSR count). The highest BCUT2D eigenvalue weighted by molar-refractivity contribution is 5.75. The van der Waals surface area contributed by atoms with E-state index < -0.39 is 12.0 Å². The maximum absolute atomic E-state index is 11.0. The first kappa shape index (κ1) is 13.2. The summed E-state index contributed by atoms with van der Waals surface area (Å²) in [5.41, 5.74) is 2.01. The van der Waals surface area contributed by atoms with Gasteiger partial charge in [0.05, 0.1) is 12.5 Å². The lowest BCUT2D eigenvalue weighted by atomic mass is 10.0. The fraction of sp³-hybridized carbons (Fsp3) is 0.385. The molecule has 0 heterocycles. The molecule has 0 aliphatic heterocycles. The summed E-state index contributed by atoms with van der Waals surface area (Å²) in [6.07, 6.45) is 0.828. The third-order valence-electron chi connectivity index (χ3n) is 2.55. The average Bonchev–Trinajstić information content (AvgIpc) is 2.27. The Kier molecular flexibility index (Phi) is 4.69. The Labute approximate surface area is 101 Å². The number of carbonyl (C=O) groups is 2. The first-order valence-corrected chi connectivity index (χ1v) is 5.60. The number of carboxylic acids is 1. The molecule has 4 nitrogen and oxygen atoms in total. The molecule has 0 aliphatic rings. The maximum Gasteiger partial charge on any atom is 0.305 e. The van der Waals surface area contributed by atoms with Crippen LogP contribution in [0.1, 0.15) is 37.4 Å². The molecule has 1 amide bonds. The van der Waals surface area contributed by atoms with Crippen molar-refractivity contribution in [3.8, 4) is 0 Å². The number of carboxylic acid groups (broad SMARTS) is 1. The van der Waals surface area contributed by atoms with Crippen LogP contribution in [0.4, 0.5) is 0 Å². The molecule has 0 saturated carbocycles. The standard InChI is InChI=1S/C13H17NO3/c1-3-10-4-6-11(7-5-10)12(8-13(16)17)14-9(2)15/h4-7,12H,3,8H2,1-2H3,(H,14,15)(H,16,17)/t12-/m0/s1. The van der Waals surface area contributed by atoms with Crippen LogP contribution in [-0.4, -0.2) is 17.0 Å². The summed E-state index contributed by atoms with van der Waals surface area (Å²) < 4.78 is 0. The van der Waals surface area contributed by atoms with E-state index in [-0.39, 0.29) is 12.3 Å². The van der Waals surface area contributed by atoms with Gasteiger partial charge in [0.15, 0.2) is 0 Å². The van der Waals surface area contributed by atoms with Gasteiger partial charge >= 0.3 is 5.97 Å². The molecule has 0 aliphatic carbocycles. The highest BCUT2D eigenvalue weighted by atomic mass is 16.4.